The fourth-order valence-electron chi connectivity index (χ4n) is 6.71. The lowest BCUT2D eigenvalue weighted by Crippen LogP contribution is -2.34. The minimum Gasteiger partial charge on any atom is -0.443 e. The van der Waals surface area contributed by atoms with Crippen molar-refractivity contribution in [3.63, 3.8) is 0 Å². The lowest BCUT2D eigenvalue weighted by Gasteiger charge is -2.32. The van der Waals surface area contributed by atoms with Crippen LogP contribution in [0.4, 0.5) is 4.79 Å². The fourth-order valence-corrected chi connectivity index (χ4v) is 6.71. The van der Waals surface area contributed by atoms with Crippen molar-refractivity contribution in [1.82, 2.24) is 28.5 Å². The van der Waals surface area contributed by atoms with E-state index in [2.05, 4.69) is 27.7 Å². The van der Waals surface area contributed by atoms with E-state index in [1.165, 1.54) is 10.1 Å². The number of rotatable bonds is 7. The molecule has 11 nitrogen and oxygen atoms in total. The molecule has 0 spiro atoms. The van der Waals surface area contributed by atoms with E-state index < -0.39 is 17.4 Å². The Labute approximate surface area is 280 Å². The maximum atomic E-state index is 13.3. The highest BCUT2D eigenvalue weighted by Gasteiger charge is 2.26. The molecule has 0 radical (unpaired) electrons. The average Bonchev–Trinajstić information content (AvgIpc) is 3.52. The van der Waals surface area contributed by atoms with Crippen molar-refractivity contribution in [3.05, 3.63) is 88.1 Å². The summed E-state index contributed by atoms with van der Waals surface area (Å²) in [7, 11) is 5.58. The molecule has 48 heavy (non-hydrogen) atoms. The summed E-state index contributed by atoms with van der Waals surface area (Å²) in [6.45, 7) is 7.80. The van der Waals surface area contributed by atoms with Gasteiger partial charge in [-0.15, -0.1) is 0 Å². The zero-order valence-electron chi connectivity index (χ0n) is 28.6. The number of benzene rings is 2. The quantitative estimate of drug-likeness (QED) is 0.257. The number of aliphatic hydroxyl groups excluding tert-OH is 1. The maximum absolute atomic E-state index is 13.3. The summed E-state index contributed by atoms with van der Waals surface area (Å²) in [6, 6.07) is 17.8. The Hall–Kier alpha value is -4.74. The molecule has 1 saturated heterocycles. The van der Waals surface area contributed by atoms with Crippen LogP contribution in [0, 0.1) is 0 Å². The van der Waals surface area contributed by atoms with Crippen molar-refractivity contribution in [2.24, 2.45) is 7.05 Å². The number of nitrogens with zero attached hydrogens (tertiary/aromatic N) is 6. The van der Waals surface area contributed by atoms with E-state index in [9.17, 15) is 19.5 Å². The summed E-state index contributed by atoms with van der Waals surface area (Å²) in [5, 5.41) is 10.7. The minimum absolute atomic E-state index is 0.0174. The number of aliphatic hydroxyl groups is 1. The first kappa shape index (κ1) is 33.2. The molecular weight excluding hydrogens is 608 g/mol. The molecule has 1 aliphatic rings. The van der Waals surface area contributed by atoms with Gasteiger partial charge in [0.2, 0.25) is 0 Å². The van der Waals surface area contributed by atoms with Crippen molar-refractivity contribution in [2.75, 3.05) is 33.8 Å². The number of carbonyl (C=O) groups is 2. The van der Waals surface area contributed by atoms with E-state index in [1.54, 1.807) is 52.0 Å². The lowest BCUT2D eigenvalue weighted by atomic mass is 9.89. The zero-order valence-corrected chi connectivity index (χ0v) is 28.6. The maximum Gasteiger partial charge on any atom is 0.423 e. The van der Waals surface area contributed by atoms with Crippen LogP contribution in [0.3, 0.4) is 0 Å². The zero-order chi connectivity index (χ0) is 34.3. The number of aryl methyl sites for hydroxylation is 1. The molecule has 1 aliphatic heterocycles. The van der Waals surface area contributed by atoms with Crippen molar-refractivity contribution in [3.8, 4) is 11.1 Å². The Morgan fingerprint density at radius 3 is 2.35 bits per heavy atom. The first-order valence-corrected chi connectivity index (χ1v) is 16.4. The highest BCUT2D eigenvalue weighted by Crippen LogP contribution is 2.33. The number of ether oxygens (including phenoxy) is 1. The Kier molecular flexibility index (Phi) is 9.02. The third kappa shape index (κ3) is 6.40. The molecule has 0 saturated carbocycles. The van der Waals surface area contributed by atoms with Crippen LogP contribution in [0.1, 0.15) is 61.1 Å². The van der Waals surface area contributed by atoms with Gasteiger partial charge < -0.3 is 19.3 Å². The summed E-state index contributed by atoms with van der Waals surface area (Å²) in [5.41, 5.74) is 5.50. The molecule has 3 aromatic heterocycles. The molecule has 0 unspecified atom stereocenters. The summed E-state index contributed by atoms with van der Waals surface area (Å²) < 4.78 is 10.1. The number of hydrogen-bond donors (Lipinski definition) is 1. The van der Waals surface area contributed by atoms with Crippen molar-refractivity contribution < 1.29 is 19.4 Å². The van der Waals surface area contributed by atoms with Crippen LogP contribution in [-0.2, 0) is 24.9 Å². The van der Waals surface area contributed by atoms with Crippen molar-refractivity contribution in [1.29, 1.82) is 0 Å². The van der Waals surface area contributed by atoms with Crippen LogP contribution < -0.4 is 5.69 Å². The van der Waals surface area contributed by atoms with Crippen LogP contribution in [0.2, 0.25) is 0 Å². The van der Waals surface area contributed by atoms with Gasteiger partial charge in [-0.3, -0.25) is 14.3 Å². The largest absolute Gasteiger partial charge is 0.443 e. The second-order valence-electron chi connectivity index (χ2n) is 13.8. The molecule has 1 fully saturated rings. The van der Waals surface area contributed by atoms with Gasteiger partial charge in [0.25, 0.3) is 5.91 Å². The average molecular weight is 653 g/mol. The highest BCUT2D eigenvalue weighted by atomic mass is 16.6. The number of amides is 1. The number of piperidine rings is 1. The number of carbonyl (C=O) groups excluding carboxylic acids is 2. The van der Waals surface area contributed by atoms with Crippen LogP contribution in [0.5, 0.6) is 0 Å². The molecular formula is C37H44N6O5. The SMILES string of the molecule is CN(C)C(=O)c1ccc(C2CCN(Cc3cc4c(-c5ccc6c(c5)n(CCO)c(=O)n6C(=O)OC(C)(C)C)ccnc4n3C)CC2)cc1. The topological polar surface area (TPSA) is 115 Å². The van der Waals surface area contributed by atoms with Crippen LogP contribution >= 0.6 is 0 Å². The second-order valence-corrected chi connectivity index (χ2v) is 13.8. The van der Waals surface area contributed by atoms with Crippen molar-refractivity contribution >= 4 is 34.1 Å². The molecule has 1 amide bonds. The van der Waals surface area contributed by atoms with Gasteiger partial charge in [-0.05, 0) is 106 Å². The van der Waals surface area contributed by atoms with Crippen LogP contribution in [-0.4, -0.2) is 85.0 Å². The predicted octanol–water partition coefficient (Wildman–Crippen LogP) is 5.21. The van der Waals surface area contributed by atoms with E-state index in [1.807, 2.05) is 37.4 Å². The van der Waals surface area contributed by atoms with Gasteiger partial charge in [0.15, 0.2) is 0 Å². The molecule has 11 heteroatoms. The number of hydrogen-bond acceptors (Lipinski definition) is 7. The molecule has 252 valence electrons. The Bertz CT molecular complexity index is 2040. The monoisotopic (exact) mass is 652 g/mol. The van der Waals surface area contributed by atoms with Crippen LogP contribution in [0.15, 0.2) is 65.6 Å². The van der Waals surface area contributed by atoms with E-state index in [-0.39, 0.29) is 19.1 Å². The number of imidazole rings is 1. The molecule has 0 atom stereocenters. The Balaban J connectivity index is 1.24. The number of pyridine rings is 1. The van der Waals surface area contributed by atoms with Gasteiger partial charge in [0.05, 0.1) is 24.2 Å². The summed E-state index contributed by atoms with van der Waals surface area (Å²) in [4.78, 5) is 47.4. The van der Waals surface area contributed by atoms with Gasteiger partial charge in [-0.25, -0.2) is 14.6 Å². The van der Waals surface area contributed by atoms with Crippen molar-refractivity contribution in [2.45, 2.75) is 58.2 Å². The Morgan fingerprint density at radius 1 is 1.00 bits per heavy atom. The smallest absolute Gasteiger partial charge is 0.423 e. The van der Waals surface area contributed by atoms with Gasteiger partial charge >= 0.3 is 11.8 Å². The number of likely N-dealkylation sites (tertiary alicyclic amines) is 1. The van der Waals surface area contributed by atoms with E-state index >= 15 is 0 Å². The Morgan fingerprint density at radius 2 is 1.71 bits per heavy atom. The lowest BCUT2D eigenvalue weighted by molar-refractivity contribution is 0.0536. The molecule has 5 aromatic rings. The summed E-state index contributed by atoms with van der Waals surface area (Å²) in [6.07, 6.45) is 3.14. The molecule has 2 aromatic carbocycles. The number of aromatic nitrogens is 4. The molecule has 1 N–H and O–H groups in total. The summed E-state index contributed by atoms with van der Waals surface area (Å²) in [5.74, 6) is 0.484. The molecule has 0 bridgehead atoms. The van der Waals surface area contributed by atoms with Crippen LogP contribution in [0.25, 0.3) is 33.2 Å². The summed E-state index contributed by atoms with van der Waals surface area (Å²) >= 11 is 0. The van der Waals surface area contributed by atoms with E-state index in [0.29, 0.717) is 22.5 Å². The first-order valence-electron chi connectivity index (χ1n) is 16.4. The third-order valence-electron chi connectivity index (χ3n) is 9.18. The molecule has 0 aliphatic carbocycles. The van der Waals surface area contributed by atoms with E-state index in [0.717, 1.165) is 64.9 Å². The first-order chi connectivity index (χ1) is 22.9. The third-order valence-corrected chi connectivity index (χ3v) is 9.18. The van der Waals surface area contributed by atoms with E-state index in [4.69, 9.17) is 9.72 Å². The molecule has 4 heterocycles. The van der Waals surface area contributed by atoms with Gasteiger partial charge in [-0.1, -0.05) is 18.2 Å². The fraction of sp³-hybridized carbons (Fsp3) is 0.405. The van der Waals surface area contributed by atoms with Gasteiger partial charge in [0.1, 0.15) is 11.2 Å². The molecule has 6 rings (SSSR count). The predicted molar refractivity (Wildman–Crippen MR) is 186 cm³/mol. The second kappa shape index (κ2) is 13.0. The normalized spacial score (nSPS) is 14.6. The van der Waals surface area contributed by atoms with Gasteiger partial charge in [-0.2, -0.15) is 4.57 Å². The standard InChI is InChI=1S/C37H44N6O5/c1-37(2,3)48-36(47)43-31-12-11-27(21-32(31)42(19-20-44)35(43)46)29-13-16-38-33-30(29)22-28(40(33)6)23-41-17-14-25(15-18-41)24-7-9-26(10-8-24)34(45)39(4)5/h7-13,16,21-22,25,44H,14-15,17-20,23H2,1-6H3. The minimum atomic E-state index is -0.772. The van der Waals surface area contributed by atoms with Gasteiger partial charge in [0, 0.05) is 50.5 Å². The number of fused-ring (bicyclic) bond motifs is 2. The highest BCUT2D eigenvalue weighted by molar-refractivity contribution is 5.97.